The summed E-state index contributed by atoms with van der Waals surface area (Å²) in [5.74, 6) is 0.874. The summed E-state index contributed by atoms with van der Waals surface area (Å²) in [6.07, 6.45) is 1.74. The molecule has 1 aliphatic heterocycles. The fourth-order valence-corrected chi connectivity index (χ4v) is 1.62. The van der Waals surface area contributed by atoms with Crippen LogP contribution in [-0.2, 0) is 4.79 Å². The SMILES string of the molecule is CNCCN1CC(=O)Nc2cccnc21. The molecule has 0 fully saturated rings. The average molecular weight is 206 g/mol. The van der Waals surface area contributed by atoms with Gasteiger partial charge in [0.05, 0.1) is 12.2 Å². The topological polar surface area (TPSA) is 57.3 Å². The van der Waals surface area contributed by atoms with E-state index in [9.17, 15) is 4.79 Å². The first-order chi connectivity index (χ1) is 7.31. The third-order valence-corrected chi connectivity index (χ3v) is 2.33. The number of anilines is 2. The van der Waals surface area contributed by atoms with Gasteiger partial charge in [0.15, 0.2) is 5.82 Å². The Kier molecular flexibility index (Phi) is 2.82. The Bertz CT molecular complexity index is 366. The van der Waals surface area contributed by atoms with Crippen molar-refractivity contribution in [1.82, 2.24) is 10.3 Å². The van der Waals surface area contributed by atoms with Gasteiger partial charge in [0.2, 0.25) is 5.91 Å². The molecule has 0 aromatic carbocycles. The molecule has 0 bridgehead atoms. The van der Waals surface area contributed by atoms with Crippen molar-refractivity contribution in [1.29, 1.82) is 0 Å². The lowest BCUT2D eigenvalue weighted by molar-refractivity contribution is -0.115. The van der Waals surface area contributed by atoms with E-state index in [2.05, 4.69) is 15.6 Å². The number of rotatable bonds is 3. The predicted octanol–water partition coefficient (Wildman–Crippen LogP) is 0.0595. The molecule has 80 valence electrons. The van der Waals surface area contributed by atoms with E-state index in [0.717, 1.165) is 24.6 Å². The van der Waals surface area contributed by atoms with Crippen molar-refractivity contribution in [2.75, 3.05) is 36.9 Å². The van der Waals surface area contributed by atoms with Crippen molar-refractivity contribution >= 4 is 17.4 Å². The monoisotopic (exact) mass is 206 g/mol. The summed E-state index contributed by atoms with van der Waals surface area (Å²) in [5.41, 5.74) is 0.796. The first kappa shape index (κ1) is 9.92. The molecule has 5 nitrogen and oxygen atoms in total. The van der Waals surface area contributed by atoms with Crippen molar-refractivity contribution in [3.63, 3.8) is 0 Å². The molecule has 15 heavy (non-hydrogen) atoms. The van der Waals surface area contributed by atoms with Crippen LogP contribution in [0.15, 0.2) is 18.3 Å². The molecule has 2 heterocycles. The number of carbonyl (C=O) groups is 1. The van der Waals surface area contributed by atoms with E-state index < -0.39 is 0 Å². The zero-order chi connectivity index (χ0) is 10.7. The number of hydrogen-bond donors (Lipinski definition) is 2. The third-order valence-electron chi connectivity index (χ3n) is 2.33. The molecule has 0 aliphatic carbocycles. The summed E-state index contributed by atoms with van der Waals surface area (Å²) in [6, 6.07) is 3.69. The molecular weight excluding hydrogens is 192 g/mol. The Labute approximate surface area is 88.5 Å². The van der Waals surface area contributed by atoms with Crippen molar-refractivity contribution in [3.05, 3.63) is 18.3 Å². The number of hydrogen-bond acceptors (Lipinski definition) is 4. The minimum Gasteiger partial charge on any atom is -0.344 e. The Morgan fingerprint density at radius 1 is 1.67 bits per heavy atom. The highest BCUT2D eigenvalue weighted by Crippen LogP contribution is 2.25. The molecule has 0 saturated heterocycles. The molecule has 1 aromatic rings. The number of amides is 1. The smallest absolute Gasteiger partial charge is 0.244 e. The normalized spacial score (nSPS) is 14.7. The first-order valence-electron chi connectivity index (χ1n) is 4.95. The first-order valence-corrected chi connectivity index (χ1v) is 4.95. The highest BCUT2D eigenvalue weighted by atomic mass is 16.2. The molecule has 1 aromatic heterocycles. The number of fused-ring (bicyclic) bond motifs is 1. The predicted molar refractivity (Wildman–Crippen MR) is 59.0 cm³/mol. The van der Waals surface area contributed by atoms with Crippen LogP contribution >= 0.6 is 0 Å². The largest absolute Gasteiger partial charge is 0.344 e. The Morgan fingerprint density at radius 2 is 2.53 bits per heavy atom. The number of pyridine rings is 1. The van der Waals surface area contributed by atoms with Crippen molar-refractivity contribution in [2.45, 2.75) is 0 Å². The van der Waals surface area contributed by atoms with Gasteiger partial charge in [-0.05, 0) is 19.2 Å². The van der Waals surface area contributed by atoms with Gasteiger partial charge in [-0.1, -0.05) is 0 Å². The fraction of sp³-hybridized carbons (Fsp3) is 0.400. The molecule has 5 heteroatoms. The second-order valence-electron chi connectivity index (χ2n) is 3.45. The van der Waals surface area contributed by atoms with E-state index in [4.69, 9.17) is 0 Å². The molecular formula is C10H14N4O. The van der Waals surface area contributed by atoms with E-state index in [0.29, 0.717) is 6.54 Å². The summed E-state index contributed by atoms with van der Waals surface area (Å²) in [5, 5.41) is 5.86. The molecule has 1 aliphatic rings. The van der Waals surface area contributed by atoms with Gasteiger partial charge in [0.1, 0.15) is 0 Å². The van der Waals surface area contributed by atoms with Crippen LogP contribution in [0.4, 0.5) is 11.5 Å². The van der Waals surface area contributed by atoms with Crippen molar-refractivity contribution < 1.29 is 4.79 Å². The minimum atomic E-state index is 0.0200. The van der Waals surface area contributed by atoms with Gasteiger partial charge in [-0.3, -0.25) is 4.79 Å². The highest BCUT2D eigenvalue weighted by molar-refractivity contribution is 6.00. The van der Waals surface area contributed by atoms with Crippen LogP contribution in [0.3, 0.4) is 0 Å². The van der Waals surface area contributed by atoms with Crippen LogP contribution in [-0.4, -0.2) is 37.6 Å². The number of aromatic nitrogens is 1. The second kappa shape index (κ2) is 4.27. The number of nitrogens with zero attached hydrogens (tertiary/aromatic N) is 2. The Balaban J connectivity index is 2.22. The van der Waals surface area contributed by atoms with E-state index >= 15 is 0 Å². The van der Waals surface area contributed by atoms with Gasteiger partial charge < -0.3 is 15.5 Å². The zero-order valence-electron chi connectivity index (χ0n) is 8.66. The highest BCUT2D eigenvalue weighted by Gasteiger charge is 2.21. The lowest BCUT2D eigenvalue weighted by atomic mass is 10.2. The summed E-state index contributed by atoms with van der Waals surface area (Å²) < 4.78 is 0. The van der Waals surface area contributed by atoms with Crippen LogP contribution in [0.25, 0.3) is 0 Å². The van der Waals surface area contributed by atoms with E-state index in [1.807, 2.05) is 24.1 Å². The molecule has 2 N–H and O–H groups in total. The molecule has 0 radical (unpaired) electrons. The lowest BCUT2D eigenvalue weighted by Crippen LogP contribution is -2.41. The minimum absolute atomic E-state index is 0.0200. The lowest BCUT2D eigenvalue weighted by Gasteiger charge is -2.29. The zero-order valence-corrected chi connectivity index (χ0v) is 8.66. The number of likely N-dealkylation sites (N-methyl/N-ethyl adjacent to an activating group) is 1. The van der Waals surface area contributed by atoms with Gasteiger partial charge in [-0.25, -0.2) is 4.98 Å². The summed E-state index contributed by atoms with van der Waals surface area (Å²) in [6.45, 7) is 2.00. The standard InChI is InChI=1S/C10H14N4O/c1-11-5-6-14-7-9(15)13-8-3-2-4-12-10(8)14/h2-4,11H,5-7H2,1H3,(H,13,15). The van der Waals surface area contributed by atoms with Crippen LogP contribution in [0.1, 0.15) is 0 Å². The maximum Gasteiger partial charge on any atom is 0.244 e. The summed E-state index contributed by atoms with van der Waals surface area (Å²) >= 11 is 0. The van der Waals surface area contributed by atoms with E-state index in [1.165, 1.54) is 0 Å². The molecule has 0 spiro atoms. The summed E-state index contributed by atoms with van der Waals surface area (Å²) in [4.78, 5) is 17.6. The van der Waals surface area contributed by atoms with Crippen LogP contribution in [0.2, 0.25) is 0 Å². The van der Waals surface area contributed by atoms with Gasteiger partial charge in [-0.2, -0.15) is 0 Å². The molecule has 1 amide bonds. The second-order valence-corrected chi connectivity index (χ2v) is 3.45. The molecule has 0 atom stereocenters. The van der Waals surface area contributed by atoms with Crippen LogP contribution < -0.4 is 15.5 Å². The average Bonchev–Trinajstić information content (AvgIpc) is 2.25. The maximum atomic E-state index is 11.4. The van der Waals surface area contributed by atoms with Gasteiger partial charge >= 0.3 is 0 Å². The molecule has 0 saturated carbocycles. The third kappa shape index (κ3) is 2.07. The van der Waals surface area contributed by atoms with Gasteiger partial charge in [-0.15, -0.1) is 0 Å². The number of carbonyl (C=O) groups excluding carboxylic acids is 1. The quantitative estimate of drug-likeness (QED) is 0.734. The fourth-order valence-electron chi connectivity index (χ4n) is 1.62. The van der Waals surface area contributed by atoms with Crippen molar-refractivity contribution in [2.24, 2.45) is 0 Å². The molecule has 0 unspecified atom stereocenters. The van der Waals surface area contributed by atoms with Crippen LogP contribution in [0.5, 0.6) is 0 Å². The van der Waals surface area contributed by atoms with E-state index in [1.54, 1.807) is 6.20 Å². The van der Waals surface area contributed by atoms with Crippen LogP contribution in [0, 0.1) is 0 Å². The molecule has 2 rings (SSSR count). The number of nitrogens with one attached hydrogen (secondary N) is 2. The van der Waals surface area contributed by atoms with Gasteiger partial charge in [0, 0.05) is 19.3 Å². The summed E-state index contributed by atoms with van der Waals surface area (Å²) in [7, 11) is 1.89. The van der Waals surface area contributed by atoms with Gasteiger partial charge in [0.25, 0.3) is 0 Å². The maximum absolute atomic E-state index is 11.4. The Hall–Kier alpha value is -1.62. The van der Waals surface area contributed by atoms with Crippen molar-refractivity contribution in [3.8, 4) is 0 Å². The van der Waals surface area contributed by atoms with E-state index in [-0.39, 0.29) is 5.91 Å². The Morgan fingerprint density at radius 3 is 3.33 bits per heavy atom.